The number of aromatic nitrogens is 3. The summed E-state index contributed by atoms with van der Waals surface area (Å²) >= 11 is 3.27. The molecule has 0 aromatic carbocycles. The molecule has 2 aromatic rings. The highest BCUT2D eigenvalue weighted by Crippen LogP contribution is 2.27. The first kappa shape index (κ1) is 12.4. The van der Waals surface area contributed by atoms with Gasteiger partial charge in [0.05, 0.1) is 6.54 Å². The number of hydrogen-bond acceptors (Lipinski definition) is 6. The summed E-state index contributed by atoms with van der Waals surface area (Å²) in [5.74, 6) is 0. The van der Waals surface area contributed by atoms with E-state index in [1.54, 1.807) is 22.7 Å². The van der Waals surface area contributed by atoms with Gasteiger partial charge >= 0.3 is 0 Å². The molecule has 2 heterocycles. The van der Waals surface area contributed by atoms with Gasteiger partial charge in [0, 0.05) is 16.5 Å². The molecule has 0 aliphatic rings. The maximum Gasteiger partial charge on any atom is 0.206 e. The van der Waals surface area contributed by atoms with Gasteiger partial charge < -0.3 is 5.32 Å². The fourth-order valence-electron chi connectivity index (χ4n) is 1.23. The van der Waals surface area contributed by atoms with E-state index in [9.17, 15) is 0 Å². The van der Waals surface area contributed by atoms with Crippen molar-refractivity contribution in [2.24, 2.45) is 0 Å². The minimum Gasteiger partial charge on any atom is -0.354 e. The monoisotopic (exact) mass is 268 g/mol. The SMILES string of the molecule is Cc1csc(CNc2nnc(C(C)(C)C)s2)n1. The minimum atomic E-state index is 0.0648. The number of nitrogens with one attached hydrogen (secondary N) is 1. The van der Waals surface area contributed by atoms with Gasteiger partial charge in [0.25, 0.3) is 0 Å². The first-order valence-electron chi connectivity index (χ1n) is 5.44. The molecule has 0 saturated carbocycles. The predicted octanol–water partition coefficient (Wildman–Crippen LogP) is 3.21. The lowest BCUT2D eigenvalue weighted by Gasteiger charge is -2.12. The van der Waals surface area contributed by atoms with Crippen LogP contribution in [-0.4, -0.2) is 15.2 Å². The molecule has 0 unspecified atom stereocenters. The molecular formula is C11H16N4S2. The van der Waals surface area contributed by atoms with Crippen LogP contribution in [0.2, 0.25) is 0 Å². The molecule has 6 heteroatoms. The zero-order chi connectivity index (χ0) is 12.5. The summed E-state index contributed by atoms with van der Waals surface area (Å²) in [6.07, 6.45) is 0. The van der Waals surface area contributed by atoms with Crippen LogP contribution < -0.4 is 5.32 Å². The molecule has 2 aromatic heterocycles. The third-order valence-electron chi connectivity index (χ3n) is 2.12. The first-order chi connectivity index (χ1) is 7.95. The number of aryl methyl sites for hydroxylation is 1. The molecule has 0 saturated heterocycles. The largest absolute Gasteiger partial charge is 0.354 e. The Labute approximate surface area is 109 Å². The highest BCUT2D eigenvalue weighted by molar-refractivity contribution is 7.15. The van der Waals surface area contributed by atoms with E-state index in [1.807, 2.05) is 6.92 Å². The second kappa shape index (κ2) is 4.70. The van der Waals surface area contributed by atoms with E-state index < -0.39 is 0 Å². The molecule has 0 aliphatic heterocycles. The van der Waals surface area contributed by atoms with Gasteiger partial charge in [-0.1, -0.05) is 32.1 Å². The summed E-state index contributed by atoms with van der Waals surface area (Å²) in [7, 11) is 0. The van der Waals surface area contributed by atoms with Crippen molar-refractivity contribution in [1.29, 1.82) is 0 Å². The molecule has 0 atom stereocenters. The van der Waals surface area contributed by atoms with Gasteiger partial charge in [-0.25, -0.2) is 4.98 Å². The van der Waals surface area contributed by atoms with Crippen LogP contribution in [0.25, 0.3) is 0 Å². The average Bonchev–Trinajstić information content (AvgIpc) is 2.82. The topological polar surface area (TPSA) is 50.7 Å². The van der Waals surface area contributed by atoms with E-state index >= 15 is 0 Å². The Hall–Kier alpha value is -1.01. The number of rotatable bonds is 3. The van der Waals surface area contributed by atoms with E-state index in [2.05, 4.69) is 46.6 Å². The molecule has 1 N–H and O–H groups in total. The van der Waals surface area contributed by atoms with Crippen molar-refractivity contribution in [3.05, 3.63) is 21.1 Å². The minimum absolute atomic E-state index is 0.0648. The molecule has 0 amide bonds. The van der Waals surface area contributed by atoms with Gasteiger partial charge in [-0.3, -0.25) is 0 Å². The maximum atomic E-state index is 4.39. The van der Waals surface area contributed by atoms with Gasteiger partial charge in [-0.05, 0) is 6.92 Å². The van der Waals surface area contributed by atoms with Crippen molar-refractivity contribution < 1.29 is 0 Å². The highest BCUT2D eigenvalue weighted by Gasteiger charge is 2.19. The van der Waals surface area contributed by atoms with Crippen LogP contribution in [0.15, 0.2) is 5.38 Å². The van der Waals surface area contributed by atoms with Crippen molar-refractivity contribution in [1.82, 2.24) is 15.2 Å². The van der Waals surface area contributed by atoms with Crippen LogP contribution >= 0.6 is 22.7 Å². The molecule has 2 rings (SSSR count). The zero-order valence-corrected chi connectivity index (χ0v) is 12.1. The molecule has 92 valence electrons. The summed E-state index contributed by atoms with van der Waals surface area (Å²) < 4.78 is 0. The molecular weight excluding hydrogens is 252 g/mol. The third kappa shape index (κ3) is 3.23. The number of nitrogens with zero attached hydrogens (tertiary/aromatic N) is 3. The number of anilines is 1. The normalized spacial score (nSPS) is 11.8. The Morgan fingerprint density at radius 3 is 2.59 bits per heavy atom. The molecule has 0 bridgehead atoms. The van der Waals surface area contributed by atoms with Crippen molar-refractivity contribution in [3.63, 3.8) is 0 Å². The lowest BCUT2D eigenvalue weighted by molar-refractivity contribution is 0.578. The van der Waals surface area contributed by atoms with E-state index in [0.717, 1.165) is 27.4 Å². The fourth-order valence-corrected chi connectivity index (χ4v) is 2.74. The van der Waals surface area contributed by atoms with Gasteiger partial charge in [0.2, 0.25) is 5.13 Å². The maximum absolute atomic E-state index is 4.39. The van der Waals surface area contributed by atoms with Gasteiger partial charge in [-0.2, -0.15) is 0 Å². The summed E-state index contributed by atoms with van der Waals surface area (Å²) in [5.41, 5.74) is 1.13. The summed E-state index contributed by atoms with van der Waals surface area (Å²) in [6, 6.07) is 0. The molecule has 4 nitrogen and oxygen atoms in total. The van der Waals surface area contributed by atoms with Crippen molar-refractivity contribution in [2.45, 2.75) is 39.7 Å². The van der Waals surface area contributed by atoms with Crippen LogP contribution in [0.1, 0.15) is 36.5 Å². The Bertz CT molecular complexity index is 496. The fraction of sp³-hybridized carbons (Fsp3) is 0.545. The lowest BCUT2D eigenvalue weighted by atomic mass is 9.98. The van der Waals surface area contributed by atoms with Crippen LogP contribution in [-0.2, 0) is 12.0 Å². The van der Waals surface area contributed by atoms with E-state index in [4.69, 9.17) is 0 Å². The van der Waals surface area contributed by atoms with Crippen LogP contribution in [0.4, 0.5) is 5.13 Å². The lowest BCUT2D eigenvalue weighted by Crippen LogP contribution is -2.10. The zero-order valence-electron chi connectivity index (χ0n) is 10.4. The molecule has 0 radical (unpaired) electrons. The predicted molar refractivity (Wildman–Crippen MR) is 72.8 cm³/mol. The summed E-state index contributed by atoms with van der Waals surface area (Å²) in [5, 5.41) is 16.6. The van der Waals surface area contributed by atoms with E-state index in [1.165, 1.54) is 0 Å². The second-order valence-corrected chi connectivity index (χ2v) is 6.82. The smallest absolute Gasteiger partial charge is 0.206 e. The summed E-state index contributed by atoms with van der Waals surface area (Å²) in [6.45, 7) is 9.14. The number of hydrogen-bond donors (Lipinski definition) is 1. The van der Waals surface area contributed by atoms with E-state index in [0.29, 0.717) is 0 Å². The van der Waals surface area contributed by atoms with Crippen LogP contribution in [0, 0.1) is 6.92 Å². The molecule has 0 aliphatic carbocycles. The van der Waals surface area contributed by atoms with Gasteiger partial charge in [-0.15, -0.1) is 21.5 Å². The Morgan fingerprint density at radius 2 is 2.06 bits per heavy atom. The van der Waals surface area contributed by atoms with Gasteiger partial charge in [0.15, 0.2) is 0 Å². The van der Waals surface area contributed by atoms with Gasteiger partial charge in [0.1, 0.15) is 10.0 Å². The quantitative estimate of drug-likeness (QED) is 0.928. The van der Waals surface area contributed by atoms with Crippen molar-refractivity contribution in [2.75, 3.05) is 5.32 Å². The standard InChI is InChI=1S/C11H16N4S2/c1-7-6-16-8(13-7)5-12-10-15-14-9(17-10)11(2,3)4/h6H,5H2,1-4H3,(H,12,15). The third-order valence-corrected chi connectivity index (χ3v) is 4.40. The molecule has 17 heavy (non-hydrogen) atoms. The van der Waals surface area contributed by atoms with Crippen LogP contribution in [0.5, 0.6) is 0 Å². The average molecular weight is 268 g/mol. The van der Waals surface area contributed by atoms with E-state index in [-0.39, 0.29) is 5.41 Å². The number of thiazole rings is 1. The van der Waals surface area contributed by atoms with Crippen LogP contribution in [0.3, 0.4) is 0 Å². The second-order valence-electron chi connectivity index (χ2n) is 4.90. The Morgan fingerprint density at radius 1 is 1.29 bits per heavy atom. The Kier molecular flexibility index (Phi) is 3.44. The first-order valence-corrected chi connectivity index (χ1v) is 7.13. The highest BCUT2D eigenvalue weighted by atomic mass is 32.1. The van der Waals surface area contributed by atoms with Crippen molar-refractivity contribution >= 4 is 27.8 Å². The van der Waals surface area contributed by atoms with Crippen molar-refractivity contribution in [3.8, 4) is 0 Å². The molecule has 0 spiro atoms. The molecule has 0 fully saturated rings. The Balaban J connectivity index is 1.98. The summed E-state index contributed by atoms with van der Waals surface area (Å²) in [4.78, 5) is 4.39.